The van der Waals surface area contributed by atoms with E-state index in [2.05, 4.69) is 39.5 Å². The van der Waals surface area contributed by atoms with E-state index in [1.807, 2.05) is 0 Å². The minimum absolute atomic E-state index is 0.312. The lowest BCUT2D eigenvalue weighted by Crippen LogP contribution is -2.57. The van der Waals surface area contributed by atoms with Gasteiger partial charge >= 0.3 is 0 Å². The van der Waals surface area contributed by atoms with E-state index in [9.17, 15) is 0 Å². The second-order valence-electron chi connectivity index (χ2n) is 8.94. The monoisotopic (exact) mass is 293 g/mol. The van der Waals surface area contributed by atoms with E-state index in [1.54, 1.807) is 0 Å². The van der Waals surface area contributed by atoms with Gasteiger partial charge in [-0.15, -0.1) is 0 Å². The largest absolute Gasteiger partial charge is 0.292 e. The van der Waals surface area contributed by atoms with E-state index in [4.69, 9.17) is 0 Å². The molecule has 2 aliphatic carbocycles. The minimum atomic E-state index is 0.312. The topological polar surface area (TPSA) is 3.24 Å². The van der Waals surface area contributed by atoms with Crippen LogP contribution in [0.3, 0.4) is 0 Å². The summed E-state index contributed by atoms with van der Waals surface area (Å²) >= 11 is 0. The van der Waals surface area contributed by atoms with Crippen molar-refractivity contribution in [3.05, 3.63) is 0 Å². The summed E-state index contributed by atoms with van der Waals surface area (Å²) in [6.45, 7) is 12.4. The first-order valence-electron chi connectivity index (χ1n) is 9.69. The van der Waals surface area contributed by atoms with Gasteiger partial charge in [-0.25, -0.2) is 0 Å². The molecule has 0 aromatic heterocycles. The van der Waals surface area contributed by atoms with Crippen molar-refractivity contribution in [2.45, 2.75) is 116 Å². The van der Waals surface area contributed by atoms with E-state index < -0.39 is 0 Å². The minimum Gasteiger partial charge on any atom is -0.292 e. The molecule has 2 fully saturated rings. The molecule has 1 nitrogen and oxygen atoms in total. The number of nitrogens with zero attached hydrogens (tertiary/aromatic N) is 1. The molecule has 1 heteroatoms. The molecule has 0 amide bonds. The summed E-state index contributed by atoms with van der Waals surface area (Å²) in [5.41, 5.74) is 0.312. The predicted molar refractivity (Wildman–Crippen MR) is 93.7 cm³/mol. The molecule has 0 N–H and O–H groups in total. The van der Waals surface area contributed by atoms with E-state index in [0.29, 0.717) is 5.54 Å². The zero-order valence-electron chi connectivity index (χ0n) is 15.3. The Kier molecular flexibility index (Phi) is 6.17. The van der Waals surface area contributed by atoms with Crippen LogP contribution in [0.1, 0.15) is 98.8 Å². The van der Waals surface area contributed by atoms with Crippen LogP contribution >= 0.6 is 0 Å². The van der Waals surface area contributed by atoms with Gasteiger partial charge in [-0.1, -0.05) is 52.4 Å². The summed E-state index contributed by atoms with van der Waals surface area (Å²) in [5, 5.41) is 0. The van der Waals surface area contributed by atoms with Gasteiger partial charge in [-0.2, -0.15) is 0 Å². The molecule has 124 valence electrons. The van der Waals surface area contributed by atoms with Gasteiger partial charge < -0.3 is 0 Å². The molecule has 0 spiro atoms. The molecule has 0 heterocycles. The predicted octanol–water partition coefficient (Wildman–Crippen LogP) is 6.02. The fraction of sp³-hybridized carbons (Fsp3) is 1.00. The smallest absolute Gasteiger partial charge is 0.0131 e. The van der Waals surface area contributed by atoms with Crippen LogP contribution in [-0.4, -0.2) is 22.5 Å². The molecule has 2 aliphatic rings. The van der Waals surface area contributed by atoms with Gasteiger partial charge in [-0.05, 0) is 58.3 Å². The molecular formula is C20H39N. The lowest BCUT2D eigenvalue weighted by Gasteiger charge is -2.50. The van der Waals surface area contributed by atoms with Crippen molar-refractivity contribution in [3.8, 4) is 0 Å². The Bertz CT molecular complexity index is 279. The molecular weight excluding hydrogens is 254 g/mol. The Balaban J connectivity index is 2.23. The maximum absolute atomic E-state index is 2.99. The van der Waals surface area contributed by atoms with Gasteiger partial charge in [-0.3, -0.25) is 4.90 Å². The van der Waals surface area contributed by atoms with Crippen LogP contribution in [0.25, 0.3) is 0 Å². The van der Waals surface area contributed by atoms with Gasteiger partial charge in [0.1, 0.15) is 0 Å². The third kappa shape index (κ3) is 4.47. The average molecular weight is 294 g/mol. The third-order valence-electron chi connectivity index (χ3n) is 6.12. The van der Waals surface area contributed by atoms with Crippen molar-refractivity contribution in [2.75, 3.05) is 0 Å². The average Bonchev–Trinajstić information content (AvgIpc) is 2.72. The molecule has 0 aromatic carbocycles. The van der Waals surface area contributed by atoms with Crippen molar-refractivity contribution in [1.29, 1.82) is 0 Å². The van der Waals surface area contributed by atoms with Crippen LogP contribution in [0.2, 0.25) is 0 Å². The molecule has 21 heavy (non-hydrogen) atoms. The fourth-order valence-corrected chi connectivity index (χ4v) is 5.01. The molecule has 0 saturated heterocycles. The van der Waals surface area contributed by atoms with Gasteiger partial charge in [0.15, 0.2) is 0 Å². The lowest BCUT2D eigenvalue weighted by atomic mass is 9.84. The lowest BCUT2D eigenvalue weighted by molar-refractivity contribution is -0.0169. The highest BCUT2D eigenvalue weighted by molar-refractivity contribution is 4.94. The number of hydrogen-bond donors (Lipinski definition) is 0. The van der Waals surface area contributed by atoms with Crippen LogP contribution in [0.4, 0.5) is 0 Å². The number of hydrogen-bond acceptors (Lipinski definition) is 1. The van der Waals surface area contributed by atoms with Gasteiger partial charge in [0.25, 0.3) is 0 Å². The first-order valence-corrected chi connectivity index (χ1v) is 9.69. The van der Waals surface area contributed by atoms with Crippen LogP contribution in [0.5, 0.6) is 0 Å². The summed E-state index contributed by atoms with van der Waals surface area (Å²) in [4.78, 5) is 2.99. The maximum atomic E-state index is 2.99. The third-order valence-corrected chi connectivity index (χ3v) is 6.12. The molecule has 0 aromatic rings. The van der Waals surface area contributed by atoms with Crippen molar-refractivity contribution in [2.24, 2.45) is 11.8 Å². The van der Waals surface area contributed by atoms with Crippen molar-refractivity contribution >= 4 is 0 Å². The molecule has 4 atom stereocenters. The Morgan fingerprint density at radius 2 is 1.00 bits per heavy atom. The van der Waals surface area contributed by atoms with Gasteiger partial charge in [0, 0.05) is 17.6 Å². The van der Waals surface area contributed by atoms with Crippen LogP contribution in [-0.2, 0) is 0 Å². The highest BCUT2D eigenvalue weighted by Gasteiger charge is 2.39. The molecule has 0 bridgehead atoms. The summed E-state index contributed by atoms with van der Waals surface area (Å²) in [6.07, 6.45) is 14.5. The van der Waals surface area contributed by atoms with Crippen LogP contribution in [0, 0.1) is 11.8 Å². The Labute approximate surface area is 133 Å². The Morgan fingerprint density at radius 3 is 1.38 bits per heavy atom. The van der Waals surface area contributed by atoms with E-state index in [0.717, 1.165) is 23.9 Å². The SMILES string of the molecule is CC1CCCCCC1N(C1CCCCCC1C)C(C)(C)C. The molecule has 4 unspecified atom stereocenters. The van der Waals surface area contributed by atoms with Gasteiger partial charge in [0.2, 0.25) is 0 Å². The maximum Gasteiger partial charge on any atom is 0.0131 e. The quantitative estimate of drug-likeness (QED) is 0.562. The van der Waals surface area contributed by atoms with Crippen molar-refractivity contribution in [1.82, 2.24) is 4.90 Å². The summed E-state index contributed by atoms with van der Waals surface area (Å²) in [5.74, 6) is 1.75. The van der Waals surface area contributed by atoms with E-state index in [1.165, 1.54) is 64.2 Å². The zero-order chi connectivity index (χ0) is 15.5. The molecule has 0 aliphatic heterocycles. The number of rotatable bonds is 2. The Hall–Kier alpha value is -0.0400. The van der Waals surface area contributed by atoms with E-state index >= 15 is 0 Å². The fourth-order valence-electron chi connectivity index (χ4n) is 5.01. The van der Waals surface area contributed by atoms with Crippen LogP contribution in [0.15, 0.2) is 0 Å². The highest BCUT2D eigenvalue weighted by atomic mass is 15.2. The normalized spacial score (nSPS) is 36.3. The second kappa shape index (κ2) is 7.49. The van der Waals surface area contributed by atoms with Crippen molar-refractivity contribution in [3.63, 3.8) is 0 Å². The zero-order valence-corrected chi connectivity index (χ0v) is 15.3. The second-order valence-corrected chi connectivity index (χ2v) is 8.94. The standard InChI is InChI=1S/C20H39N/c1-16-12-8-6-10-14-18(16)21(20(3,4)5)19-15-11-7-9-13-17(19)2/h16-19H,6-15H2,1-5H3. The van der Waals surface area contributed by atoms with Crippen LogP contribution < -0.4 is 0 Å². The van der Waals surface area contributed by atoms with E-state index in [-0.39, 0.29) is 0 Å². The summed E-state index contributed by atoms with van der Waals surface area (Å²) < 4.78 is 0. The summed E-state index contributed by atoms with van der Waals surface area (Å²) in [6, 6.07) is 1.64. The Morgan fingerprint density at radius 1 is 0.619 bits per heavy atom. The van der Waals surface area contributed by atoms with Crippen molar-refractivity contribution < 1.29 is 0 Å². The molecule has 2 saturated carbocycles. The molecule has 2 rings (SSSR count). The summed E-state index contributed by atoms with van der Waals surface area (Å²) in [7, 11) is 0. The molecule has 0 radical (unpaired) electrons. The first kappa shape index (κ1) is 17.3. The first-order chi connectivity index (χ1) is 9.91. The highest BCUT2D eigenvalue weighted by Crippen LogP contribution is 2.38. The van der Waals surface area contributed by atoms with Gasteiger partial charge in [0.05, 0.1) is 0 Å².